The van der Waals surface area contributed by atoms with Crippen LogP contribution in [0.3, 0.4) is 0 Å². The maximum absolute atomic E-state index is 13.9. The van der Waals surface area contributed by atoms with E-state index in [1.807, 2.05) is 47.6 Å². The number of nitriles is 2. The molecule has 10 heteroatoms. The molecule has 214 valence electrons. The molecule has 2 fully saturated rings. The van der Waals surface area contributed by atoms with E-state index in [9.17, 15) is 16.3 Å². The molecule has 1 aliphatic heterocycles. The number of aromatic nitrogens is 1. The van der Waals surface area contributed by atoms with Crippen LogP contribution in [0.1, 0.15) is 49.4 Å². The Morgan fingerprint density at radius 3 is 2.56 bits per heavy atom. The Hall–Kier alpha value is -4.83. The highest BCUT2D eigenvalue weighted by Gasteiger charge is 2.44. The van der Waals surface area contributed by atoms with Gasteiger partial charge in [0, 0.05) is 35.4 Å². The number of hydrazine groups is 2. The molecule has 1 aromatic heterocycles. The fourth-order valence-corrected chi connectivity index (χ4v) is 5.89. The highest BCUT2D eigenvalue weighted by atomic mass is 35.5. The van der Waals surface area contributed by atoms with Crippen LogP contribution in [0.4, 0.5) is 15.8 Å². The van der Waals surface area contributed by atoms with Gasteiger partial charge in [-0.3, -0.25) is 9.99 Å². The second kappa shape index (κ2) is 11.1. The van der Waals surface area contributed by atoms with Gasteiger partial charge in [-0.05, 0) is 54.7 Å². The van der Waals surface area contributed by atoms with Crippen molar-refractivity contribution in [1.82, 2.24) is 21.0 Å². The van der Waals surface area contributed by atoms with Crippen molar-refractivity contribution >= 4 is 33.9 Å². The molecule has 4 N–H and O–H groups in total. The topological polar surface area (TPSA) is 112 Å². The minimum Gasteiger partial charge on any atom is -0.376 e. The minimum absolute atomic E-state index is 0.0793. The summed E-state index contributed by atoms with van der Waals surface area (Å²) in [6, 6.07) is 22.4. The summed E-state index contributed by atoms with van der Waals surface area (Å²) in [5.41, 5.74) is 10.2. The Labute approximate surface area is 255 Å². The predicted molar refractivity (Wildman–Crippen MR) is 163 cm³/mol. The minimum atomic E-state index is -1.56. The first-order chi connectivity index (χ1) is 21.4. The standard InChI is InChI=1S/C33H28ClFN8/c34-28-14-24(39-32(20-6-8-23(35)9-7-20)29-18-43(42-41-29)25-10-11-25)13-27-31(22(16-37)17-38-33(27)28)40-30(26-12-21(26)15-36)19-4-2-1-3-5-19/h1-9,13-14,17-18,21,25-26,30,32,39,41-42H,10-12H2,(H,38,40)/t21-,26+,30?,32-/m1/s1/i32D. The zero-order valence-electron chi connectivity index (χ0n) is 24.0. The van der Waals surface area contributed by atoms with E-state index in [1.165, 1.54) is 18.3 Å². The quantitative estimate of drug-likeness (QED) is 0.170. The number of hydrogen-bond donors (Lipinski definition) is 4. The summed E-state index contributed by atoms with van der Waals surface area (Å²) in [7, 11) is 0. The maximum atomic E-state index is 13.9. The third kappa shape index (κ3) is 5.41. The molecule has 0 radical (unpaired) electrons. The Kier molecular flexibility index (Phi) is 6.68. The SMILES string of the molecule is [2H][C@](Nc1cc(Cl)c2ncc(C#N)c(NC(c3ccccc3)[C@H]3C[C@@H]3C#N)c2c1)(C1=CN(C2CC2)NN1)c1ccc(F)cc1. The van der Waals surface area contributed by atoms with Gasteiger partial charge in [0.15, 0.2) is 0 Å². The van der Waals surface area contributed by atoms with Gasteiger partial charge in [-0.2, -0.15) is 10.5 Å². The number of hydrogen-bond acceptors (Lipinski definition) is 8. The van der Waals surface area contributed by atoms with E-state index in [2.05, 4.69) is 38.7 Å². The number of benzene rings is 3. The smallest absolute Gasteiger partial charge is 0.123 e. The molecule has 7 rings (SSSR count). The molecule has 2 aliphatic carbocycles. The fourth-order valence-electron chi connectivity index (χ4n) is 5.62. The van der Waals surface area contributed by atoms with Crippen molar-refractivity contribution < 1.29 is 5.76 Å². The van der Waals surface area contributed by atoms with Crippen LogP contribution in [0.25, 0.3) is 10.9 Å². The summed E-state index contributed by atoms with van der Waals surface area (Å²) >= 11 is 6.81. The van der Waals surface area contributed by atoms with Gasteiger partial charge in [0.05, 0.1) is 52.9 Å². The number of nitrogens with one attached hydrogen (secondary N) is 4. The second-order valence-corrected chi connectivity index (χ2v) is 11.5. The average molecular weight is 592 g/mol. The maximum Gasteiger partial charge on any atom is 0.123 e. The Balaban J connectivity index is 1.32. The molecule has 1 unspecified atom stereocenters. The molecule has 4 aromatic rings. The number of pyridine rings is 1. The lowest BCUT2D eigenvalue weighted by atomic mass is 9.99. The zero-order chi connectivity index (χ0) is 30.4. The molecule has 2 saturated carbocycles. The van der Waals surface area contributed by atoms with Crippen LogP contribution >= 0.6 is 11.6 Å². The first kappa shape index (κ1) is 25.8. The van der Waals surface area contributed by atoms with Gasteiger partial charge in [-0.25, -0.2) is 4.39 Å². The van der Waals surface area contributed by atoms with Gasteiger partial charge < -0.3 is 16.1 Å². The number of nitrogens with zero attached hydrogens (tertiary/aromatic N) is 4. The lowest BCUT2D eigenvalue weighted by Gasteiger charge is -2.24. The van der Waals surface area contributed by atoms with Crippen molar-refractivity contribution in [3.05, 3.63) is 112 Å². The molecule has 0 amide bonds. The van der Waals surface area contributed by atoms with Gasteiger partial charge >= 0.3 is 0 Å². The molecule has 3 aliphatic rings. The van der Waals surface area contributed by atoms with Gasteiger partial charge in [-0.15, -0.1) is 5.53 Å². The lowest BCUT2D eigenvalue weighted by molar-refractivity contribution is 0.260. The van der Waals surface area contributed by atoms with Gasteiger partial charge in [0.25, 0.3) is 0 Å². The number of fused-ring (bicyclic) bond motifs is 1. The van der Waals surface area contributed by atoms with Crippen molar-refractivity contribution in [2.75, 3.05) is 10.6 Å². The molecule has 4 atom stereocenters. The van der Waals surface area contributed by atoms with Crippen molar-refractivity contribution in [2.45, 2.75) is 37.4 Å². The molecule has 3 aromatic carbocycles. The van der Waals surface area contributed by atoms with Crippen molar-refractivity contribution in [3.8, 4) is 12.1 Å². The van der Waals surface area contributed by atoms with Crippen LogP contribution in [-0.2, 0) is 0 Å². The fraction of sp³-hybridized carbons (Fsp3) is 0.242. The number of halogens is 2. The largest absolute Gasteiger partial charge is 0.376 e. The first-order valence-electron chi connectivity index (χ1n) is 14.7. The summed E-state index contributed by atoms with van der Waals surface area (Å²) in [5.74, 6) is -0.401. The van der Waals surface area contributed by atoms with E-state index in [0.29, 0.717) is 50.2 Å². The number of anilines is 2. The molecule has 8 nitrogen and oxygen atoms in total. The highest BCUT2D eigenvalue weighted by Crippen LogP contribution is 2.49. The Morgan fingerprint density at radius 1 is 1.07 bits per heavy atom. The van der Waals surface area contributed by atoms with E-state index in [-0.39, 0.29) is 17.9 Å². The third-order valence-corrected chi connectivity index (χ3v) is 8.43. The summed E-state index contributed by atoms with van der Waals surface area (Å²) in [6.45, 7) is 0. The monoisotopic (exact) mass is 591 g/mol. The molecular formula is C33H28ClFN8. The van der Waals surface area contributed by atoms with Crippen LogP contribution in [0.5, 0.6) is 0 Å². The van der Waals surface area contributed by atoms with Crippen LogP contribution in [0.15, 0.2) is 84.8 Å². The number of rotatable bonds is 9. The predicted octanol–water partition coefficient (Wildman–Crippen LogP) is 6.69. The van der Waals surface area contributed by atoms with Crippen LogP contribution < -0.4 is 21.6 Å². The lowest BCUT2D eigenvalue weighted by Crippen LogP contribution is -2.38. The summed E-state index contributed by atoms with van der Waals surface area (Å²) in [6.07, 6.45) is 6.22. The first-order valence-corrected chi connectivity index (χ1v) is 14.6. The average Bonchev–Trinajstić information content (AvgIpc) is 3.98. The molecule has 0 spiro atoms. The van der Waals surface area contributed by atoms with Crippen LogP contribution in [0, 0.1) is 40.3 Å². The Bertz CT molecular complexity index is 1850. The third-order valence-electron chi connectivity index (χ3n) is 8.14. The molecule has 43 heavy (non-hydrogen) atoms. The van der Waals surface area contributed by atoms with E-state index >= 15 is 0 Å². The van der Waals surface area contributed by atoms with Crippen LogP contribution in [-0.4, -0.2) is 16.0 Å². The summed E-state index contributed by atoms with van der Waals surface area (Å²) in [4.78, 5) is 4.50. The summed E-state index contributed by atoms with van der Waals surface area (Å²) < 4.78 is 23.6. The van der Waals surface area contributed by atoms with Gasteiger partial charge in [0.1, 0.15) is 11.9 Å². The molecular weight excluding hydrogens is 563 g/mol. The second-order valence-electron chi connectivity index (χ2n) is 11.1. The van der Waals surface area contributed by atoms with E-state index in [0.717, 1.165) is 24.8 Å². The van der Waals surface area contributed by atoms with Crippen molar-refractivity contribution in [3.63, 3.8) is 0 Å². The van der Waals surface area contributed by atoms with Crippen molar-refractivity contribution in [2.24, 2.45) is 11.8 Å². The molecule has 0 saturated heterocycles. The van der Waals surface area contributed by atoms with E-state index in [1.54, 1.807) is 18.2 Å². The van der Waals surface area contributed by atoms with E-state index in [4.69, 9.17) is 11.6 Å². The Morgan fingerprint density at radius 2 is 1.86 bits per heavy atom. The normalized spacial score (nSPS) is 21.4. The molecule has 0 bridgehead atoms. The zero-order valence-corrected chi connectivity index (χ0v) is 23.7. The van der Waals surface area contributed by atoms with E-state index < -0.39 is 11.8 Å². The van der Waals surface area contributed by atoms with Crippen molar-refractivity contribution in [1.29, 1.82) is 10.5 Å². The summed E-state index contributed by atoms with van der Waals surface area (Å²) in [5, 5.41) is 29.5. The van der Waals surface area contributed by atoms with Gasteiger partial charge in [-0.1, -0.05) is 54.1 Å². The highest BCUT2D eigenvalue weighted by molar-refractivity contribution is 6.35. The van der Waals surface area contributed by atoms with Gasteiger partial charge in [0.2, 0.25) is 0 Å². The van der Waals surface area contributed by atoms with Crippen LogP contribution in [0.2, 0.25) is 5.02 Å². The molecule has 2 heterocycles.